The van der Waals surface area contributed by atoms with E-state index in [-0.39, 0.29) is 50.1 Å². The third-order valence-electron chi connectivity index (χ3n) is 11.1. The van der Waals surface area contributed by atoms with Gasteiger partial charge in [-0.25, -0.2) is 49.7 Å². The van der Waals surface area contributed by atoms with Crippen LogP contribution in [0, 0.1) is 24.5 Å². The number of aromatic nitrogens is 8. The van der Waals surface area contributed by atoms with Crippen molar-refractivity contribution in [2.75, 3.05) is 11.0 Å². The molecular formula is C41H31ClF8N10O4S. The number of benzene rings is 3. The van der Waals surface area contributed by atoms with Crippen LogP contribution in [0.15, 0.2) is 65.7 Å². The summed E-state index contributed by atoms with van der Waals surface area (Å²) in [6.07, 6.45) is -3.22. The Morgan fingerprint density at radius 2 is 1.68 bits per heavy atom. The zero-order valence-electron chi connectivity index (χ0n) is 33.5. The van der Waals surface area contributed by atoms with Crippen LogP contribution >= 0.6 is 11.6 Å². The smallest absolute Gasteiger partial charge is 0.293 e. The summed E-state index contributed by atoms with van der Waals surface area (Å²) in [6, 6.07) is 7.53. The maximum Gasteiger partial charge on any atom is 0.293 e. The maximum absolute atomic E-state index is 15.6. The Morgan fingerprint density at radius 1 is 0.969 bits per heavy atom. The van der Waals surface area contributed by atoms with Crippen molar-refractivity contribution in [3.05, 3.63) is 122 Å². The molecule has 14 nitrogen and oxygen atoms in total. The molecule has 65 heavy (non-hydrogen) atoms. The van der Waals surface area contributed by atoms with Crippen molar-refractivity contribution < 1.29 is 48.3 Å². The molecule has 0 bridgehead atoms. The molecule has 1 unspecified atom stereocenters. The van der Waals surface area contributed by atoms with Crippen molar-refractivity contribution in [1.29, 1.82) is 0 Å². The highest BCUT2D eigenvalue weighted by atomic mass is 35.5. The van der Waals surface area contributed by atoms with Gasteiger partial charge in [-0.2, -0.15) is 19.0 Å². The fourth-order valence-electron chi connectivity index (χ4n) is 8.47. The van der Waals surface area contributed by atoms with Crippen molar-refractivity contribution in [1.82, 2.24) is 44.4 Å². The molecule has 0 saturated heterocycles. The number of carbonyl (C=O) groups is 1. The quantitative estimate of drug-likeness (QED) is 0.111. The highest BCUT2D eigenvalue weighted by molar-refractivity contribution is 7.92. The van der Waals surface area contributed by atoms with Gasteiger partial charge in [-0.15, -0.1) is 0 Å². The molecule has 24 heteroatoms. The Hall–Kier alpha value is -6.49. The number of aryl methyl sites for hydroxylation is 1. The van der Waals surface area contributed by atoms with E-state index in [1.54, 1.807) is 13.0 Å². The first-order chi connectivity index (χ1) is 30.7. The van der Waals surface area contributed by atoms with Crippen LogP contribution in [-0.4, -0.2) is 66.1 Å². The number of rotatable bonds is 13. The van der Waals surface area contributed by atoms with E-state index < -0.39 is 112 Å². The molecule has 7 aromatic rings. The Kier molecular flexibility index (Phi) is 10.7. The molecule has 3 atom stereocenters. The van der Waals surface area contributed by atoms with Gasteiger partial charge in [0, 0.05) is 41.9 Å². The molecule has 2 aliphatic carbocycles. The number of nitrogens with one attached hydrogen (secondary N) is 2. The van der Waals surface area contributed by atoms with E-state index in [2.05, 4.69) is 30.2 Å². The van der Waals surface area contributed by atoms with Crippen LogP contribution in [0.1, 0.15) is 59.0 Å². The van der Waals surface area contributed by atoms with E-state index in [1.165, 1.54) is 36.7 Å². The Balaban J connectivity index is 1.28. The van der Waals surface area contributed by atoms with Crippen molar-refractivity contribution >= 4 is 55.2 Å². The van der Waals surface area contributed by atoms with E-state index in [1.807, 2.05) is 0 Å². The Labute approximate surface area is 366 Å². The summed E-state index contributed by atoms with van der Waals surface area (Å²) in [6.45, 7) is -0.571. The molecule has 2 N–H and O–H groups in total. The van der Waals surface area contributed by atoms with Crippen molar-refractivity contribution in [3.63, 3.8) is 0 Å². The summed E-state index contributed by atoms with van der Waals surface area (Å²) >= 11 is 6.57. The summed E-state index contributed by atoms with van der Waals surface area (Å²) < 4.78 is 147. The van der Waals surface area contributed by atoms with E-state index in [0.29, 0.717) is 32.4 Å². The number of hydrogen-bond donors (Lipinski definition) is 2. The molecule has 1 amide bonds. The molecule has 4 heterocycles. The number of hydrogen-bond acceptors (Lipinski definition) is 9. The van der Waals surface area contributed by atoms with Gasteiger partial charge in [-0.3, -0.25) is 28.2 Å². The number of amides is 1. The van der Waals surface area contributed by atoms with Crippen molar-refractivity contribution in [3.8, 4) is 16.8 Å². The standard InChI is InChI=1S/C41H31ClF8N10O4S/c1-17-51-13-20(14-52-17)19-3-4-23-27(10-19)54-39(60(40(23)62)29-6-5-26(42)33-35(29)58(15-30(45)46)56-38(33)57-65(2,63)64)28(9-18-7-21(43)11-22(44)8-18)53-31(61)16-59-36-32(34(55-59)37(47)48)24-12-25(24)41(36,49)50/h3-8,10-11,13-14,24-25,28,30,37H,9,12,15-16H2,1-2H3,(H,53,61)(H,56,57)/t24-,25+,28?/m0/s1. The maximum atomic E-state index is 15.6. The number of carbonyl (C=O) groups excluding carboxylic acids is 1. The Bertz CT molecular complexity index is 3250. The predicted molar refractivity (Wildman–Crippen MR) is 219 cm³/mol. The predicted octanol–water partition coefficient (Wildman–Crippen LogP) is 7.51. The number of fused-ring (bicyclic) bond motifs is 5. The van der Waals surface area contributed by atoms with Crippen molar-refractivity contribution in [2.24, 2.45) is 5.92 Å². The molecule has 0 spiro atoms. The summed E-state index contributed by atoms with van der Waals surface area (Å²) in [4.78, 5) is 42.4. The van der Waals surface area contributed by atoms with Gasteiger partial charge in [-0.05, 0) is 66.8 Å². The van der Waals surface area contributed by atoms with Gasteiger partial charge in [0.1, 0.15) is 47.8 Å². The normalized spacial score (nSPS) is 16.9. The minimum atomic E-state index is -4.13. The molecular weight excluding hydrogens is 916 g/mol. The largest absolute Gasteiger partial charge is 0.344 e. The SMILES string of the molecule is Cc1ncc(-c2ccc3c(=O)n(-c4ccc(Cl)c5c(NS(C)(=O)=O)nn(CC(F)F)c45)c(C(Cc4cc(F)cc(F)c4)NC(=O)Cn4nc(C(F)F)c5c4C(F)(F)[C@@H]4C[C@H]54)nc3c2)cn1. The fraction of sp³-hybridized carbons (Fsp3) is 0.293. The topological polar surface area (TPSA) is 172 Å². The summed E-state index contributed by atoms with van der Waals surface area (Å²) in [7, 11) is -4.13. The first kappa shape index (κ1) is 43.7. The average molecular weight is 947 g/mol. The summed E-state index contributed by atoms with van der Waals surface area (Å²) in [5.41, 5.74) is -2.87. The van der Waals surface area contributed by atoms with Crippen LogP contribution in [0.3, 0.4) is 0 Å². The lowest BCUT2D eigenvalue weighted by atomic mass is 10.0. The first-order valence-electron chi connectivity index (χ1n) is 19.5. The zero-order valence-corrected chi connectivity index (χ0v) is 35.1. The molecule has 3 aromatic carbocycles. The highest BCUT2D eigenvalue weighted by Crippen LogP contribution is 2.68. The number of anilines is 1. The number of halogens is 9. The van der Waals surface area contributed by atoms with Gasteiger partial charge < -0.3 is 5.32 Å². The third-order valence-corrected chi connectivity index (χ3v) is 12.0. The van der Waals surface area contributed by atoms with Gasteiger partial charge in [-0.1, -0.05) is 17.7 Å². The van der Waals surface area contributed by atoms with Gasteiger partial charge in [0.15, 0.2) is 5.82 Å². The van der Waals surface area contributed by atoms with Crippen LogP contribution in [0.4, 0.5) is 40.9 Å². The molecule has 338 valence electrons. The molecule has 0 radical (unpaired) electrons. The second-order valence-electron chi connectivity index (χ2n) is 15.7. The van der Waals surface area contributed by atoms with E-state index in [4.69, 9.17) is 16.6 Å². The zero-order chi connectivity index (χ0) is 46.4. The lowest BCUT2D eigenvalue weighted by Crippen LogP contribution is -2.38. The minimum absolute atomic E-state index is 0.0416. The number of alkyl halides is 6. The molecule has 1 fully saturated rings. The average Bonchev–Trinajstić information content (AvgIpc) is 3.74. The highest BCUT2D eigenvalue weighted by Gasteiger charge is 2.67. The Morgan fingerprint density at radius 3 is 2.34 bits per heavy atom. The van der Waals surface area contributed by atoms with Crippen LogP contribution in [0.5, 0.6) is 0 Å². The molecule has 4 aromatic heterocycles. The van der Waals surface area contributed by atoms with Crippen molar-refractivity contribution in [2.45, 2.75) is 63.6 Å². The second-order valence-corrected chi connectivity index (χ2v) is 17.9. The van der Waals surface area contributed by atoms with Gasteiger partial charge >= 0.3 is 0 Å². The molecule has 0 aliphatic heterocycles. The minimum Gasteiger partial charge on any atom is -0.344 e. The molecule has 1 saturated carbocycles. The fourth-order valence-corrected chi connectivity index (χ4v) is 9.20. The van der Waals surface area contributed by atoms with Gasteiger partial charge in [0.05, 0.1) is 44.8 Å². The lowest BCUT2D eigenvalue weighted by Gasteiger charge is -2.24. The number of nitrogens with zero attached hydrogens (tertiary/aromatic N) is 8. The molecule has 2 aliphatic rings. The number of sulfonamides is 1. The summed E-state index contributed by atoms with van der Waals surface area (Å²) in [5.74, 6) is -9.47. The lowest BCUT2D eigenvalue weighted by molar-refractivity contribution is -0.123. The van der Waals surface area contributed by atoms with E-state index in [0.717, 1.165) is 23.0 Å². The van der Waals surface area contributed by atoms with Gasteiger partial charge in [0.25, 0.3) is 24.3 Å². The van der Waals surface area contributed by atoms with Crippen LogP contribution in [0.2, 0.25) is 5.02 Å². The van der Waals surface area contributed by atoms with Gasteiger partial charge in [0.2, 0.25) is 15.9 Å². The van der Waals surface area contributed by atoms with Crippen LogP contribution < -0.4 is 15.6 Å². The molecule has 9 rings (SSSR count). The monoisotopic (exact) mass is 946 g/mol. The first-order valence-corrected chi connectivity index (χ1v) is 21.8. The van der Waals surface area contributed by atoms with Crippen LogP contribution in [-0.2, 0) is 40.3 Å². The van der Waals surface area contributed by atoms with E-state index in [9.17, 15) is 39.6 Å². The van der Waals surface area contributed by atoms with Crippen LogP contribution in [0.25, 0.3) is 38.6 Å². The summed E-state index contributed by atoms with van der Waals surface area (Å²) in [5, 5.41) is 9.80. The van der Waals surface area contributed by atoms with E-state index >= 15 is 13.6 Å². The third kappa shape index (κ3) is 8.03. The second kappa shape index (κ2) is 15.9.